The standard InChI is InChI=1S/C12H21NO/c1-3-10-7-9(2)8-13(10)11-5-4-6-12(11)14/h9-11H,3-8H2,1-2H3. The number of carbonyl (C=O) groups excluding carboxylic acids is 1. The second-order valence-corrected chi connectivity index (χ2v) is 4.97. The third-order valence-electron chi connectivity index (χ3n) is 3.81. The van der Waals surface area contributed by atoms with Gasteiger partial charge in [-0.15, -0.1) is 0 Å². The lowest BCUT2D eigenvalue weighted by Crippen LogP contribution is -2.41. The van der Waals surface area contributed by atoms with Gasteiger partial charge in [0.2, 0.25) is 0 Å². The summed E-state index contributed by atoms with van der Waals surface area (Å²) >= 11 is 0. The second kappa shape index (κ2) is 4.01. The number of hydrogen-bond donors (Lipinski definition) is 0. The first-order valence-corrected chi connectivity index (χ1v) is 6.00. The summed E-state index contributed by atoms with van der Waals surface area (Å²) in [4.78, 5) is 14.2. The molecule has 0 spiro atoms. The van der Waals surface area contributed by atoms with Gasteiger partial charge in [-0.1, -0.05) is 13.8 Å². The van der Waals surface area contributed by atoms with E-state index in [1.54, 1.807) is 0 Å². The van der Waals surface area contributed by atoms with Crippen LogP contribution in [0.2, 0.25) is 0 Å². The Bertz CT molecular complexity index is 226. The minimum atomic E-state index is 0.282. The zero-order valence-corrected chi connectivity index (χ0v) is 9.33. The molecule has 3 atom stereocenters. The van der Waals surface area contributed by atoms with E-state index in [4.69, 9.17) is 0 Å². The summed E-state index contributed by atoms with van der Waals surface area (Å²) in [5.41, 5.74) is 0. The van der Waals surface area contributed by atoms with Crippen LogP contribution >= 0.6 is 0 Å². The van der Waals surface area contributed by atoms with Gasteiger partial charge in [0.25, 0.3) is 0 Å². The van der Waals surface area contributed by atoms with Gasteiger partial charge in [0.15, 0.2) is 0 Å². The van der Waals surface area contributed by atoms with Gasteiger partial charge in [0.1, 0.15) is 5.78 Å². The number of ketones is 1. The molecule has 1 aliphatic carbocycles. The highest BCUT2D eigenvalue weighted by Crippen LogP contribution is 2.31. The molecule has 1 saturated carbocycles. The van der Waals surface area contributed by atoms with Crippen LogP contribution in [0.5, 0.6) is 0 Å². The molecule has 14 heavy (non-hydrogen) atoms. The van der Waals surface area contributed by atoms with Crippen LogP contribution in [-0.2, 0) is 4.79 Å². The van der Waals surface area contributed by atoms with Crippen LogP contribution in [-0.4, -0.2) is 29.3 Å². The van der Waals surface area contributed by atoms with Gasteiger partial charge in [-0.2, -0.15) is 0 Å². The average Bonchev–Trinajstić information content (AvgIpc) is 2.71. The molecule has 2 heteroatoms. The molecule has 0 radical (unpaired) electrons. The van der Waals surface area contributed by atoms with Crippen molar-refractivity contribution in [1.29, 1.82) is 0 Å². The lowest BCUT2D eigenvalue weighted by atomic mass is 10.1. The molecule has 1 heterocycles. The smallest absolute Gasteiger partial charge is 0.149 e. The molecule has 0 aromatic rings. The van der Waals surface area contributed by atoms with Gasteiger partial charge in [0.05, 0.1) is 6.04 Å². The highest BCUT2D eigenvalue weighted by Gasteiger charge is 2.38. The van der Waals surface area contributed by atoms with Gasteiger partial charge in [-0.25, -0.2) is 0 Å². The van der Waals surface area contributed by atoms with E-state index < -0.39 is 0 Å². The predicted molar refractivity (Wildman–Crippen MR) is 57.2 cm³/mol. The van der Waals surface area contributed by atoms with Crippen LogP contribution in [0.4, 0.5) is 0 Å². The molecule has 2 rings (SSSR count). The van der Waals surface area contributed by atoms with Crippen molar-refractivity contribution < 1.29 is 4.79 Å². The minimum absolute atomic E-state index is 0.282. The van der Waals surface area contributed by atoms with Gasteiger partial charge in [0, 0.05) is 19.0 Å². The molecule has 0 aromatic carbocycles. The Morgan fingerprint density at radius 2 is 2.29 bits per heavy atom. The maximum Gasteiger partial charge on any atom is 0.149 e. The molecule has 3 unspecified atom stereocenters. The van der Waals surface area contributed by atoms with Crippen LogP contribution in [0.25, 0.3) is 0 Å². The van der Waals surface area contributed by atoms with Crippen molar-refractivity contribution in [1.82, 2.24) is 4.90 Å². The van der Waals surface area contributed by atoms with Gasteiger partial charge < -0.3 is 0 Å². The first-order chi connectivity index (χ1) is 6.72. The SMILES string of the molecule is CCC1CC(C)CN1C1CCCC1=O. The molecule has 0 bridgehead atoms. The summed E-state index contributed by atoms with van der Waals surface area (Å²) in [7, 11) is 0. The Hall–Kier alpha value is -0.370. The lowest BCUT2D eigenvalue weighted by molar-refractivity contribution is -0.122. The van der Waals surface area contributed by atoms with E-state index in [9.17, 15) is 4.79 Å². The summed E-state index contributed by atoms with van der Waals surface area (Å²) in [6, 6.07) is 0.960. The maximum atomic E-state index is 11.7. The third kappa shape index (κ3) is 1.72. The van der Waals surface area contributed by atoms with Crippen molar-refractivity contribution in [3.63, 3.8) is 0 Å². The first kappa shape index (κ1) is 10.2. The summed E-state index contributed by atoms with van der Waals surface area (Å²) < 4.78 is 0. The summed E-state index contributed by atoms with van der Waals surface area (Å²) in [5, 5.41) is 0. The molecule has 0 amide bonds. The molecular formula is C12H21NO. The van der Waals surface area contributed by atoms with Gasteiger partial charge in [-0.05, 0) is 31.6 Å². The lowest BCUT2D eigenvalue weighted by Gasteiger charge is -2.28. The number of nitrogens with zero attached hydrogens (tertiary/aromatic N) is 1. The molecule has 1 saturated heterocycles. The van der Waals surface area contributed by atoms with E-state index in [1.807, 2.05) is 0 Å². The molecule has 0 aromatic heterocycles. The van der Waals surface area contributed by atoms with Crippen LogP contribution in [0, 0.1) is 5.92 Å². The fourth-order valence-corrected chi connectivity index (χ4v) is 3.11. The Kier molecular flexibility index (Phi) is 2.91. The highest BCUT2D eigenvalue weighted by molar-refractivity contribution is 5.86. The van der Waals surface area contributed by atoms with E-state index >= 15 is 0 Å². The first-order valence-electron chi connectivity index (χ1n) is 6.00. The largest absolute Gasteiger partial charge is 0.298 e. The molecule has 2 nitrogen and oxygen atoms in total. The second-order valence-electron chi connectivity index (χ2n) is 4.97. The minimum Gasteiger partial charge on any atom is -0.298 e. The Morgan fingerprint density at radius 3 is 2.86 bits per heavy atom. The summed E-state index contributed by atoms with van der Waals surface area (Å²) in [5.74, 6) is 1.28. The zero-order chi connectivity index (χ0) is 10.1. The molecule has 2 aliphatic rings. The van der Waals surface area contributed by atoms with Gasteiger partial charge >= 0.3 is 0 Å². The van der Waals surface area contributed by atoms with E-state index in [0.29, 0.717) is 11.8 Å². The van der Waals surface area contributed by atoms with Crippen molar-refractivity contribution in [3.8, 4) is 0 Å². The quantitative estimate of drug-likeness (QED) is 0.673. The summed E-state index contributed by atoms with van der Waals surface area (Å²) in [6.07, 6.45) is 5.55. The topological polar surface area (TPSA) is 20.3 Å². The fraction of sp³-hybridized carbons (Fsp3) is 0.917. The molecule has 1 aliphatic heterocycles. The van der Waals surface area contributed by atoms with Crippen molar-refractivity contribution in [3.05, 3.63) is 0 Å². The van der Waals surface area contributed by atoms with Crippen molar-refractivity contribution in [2.24, 2.45) is 5.92 Å². The van der Waals surface area contributed by atoms with Crippen LogP contribution in [0.15, 0.2) is 0 Å². The number of carbonyl (C=O) groups is 1. The van der Waals surface area contributed by atoms with Crippen LogP contribution in [0.3, 0.4) is 0 Å². The maximum absolute atomic E-state index is 11.7. The number of hydrogen-bond acceptors (Lipinski definition) is 2. The Morgan fingerprint density at radius 1 is 1.50 bits per heavy atom. The van der Waals surface area contributed by atoms with Crippen molar-refractivity contribution in [2.45, 2.75) is 58.0 Å². The van der Waals surface area contributed by atoms with E-state index in [-0.39, 0.29) is 6.04 Å². The van der Waals surface area contributed by atoms with Crippen LogP contribution < -0.4 is 0 Å². The summed E-state index contributed by atoms with van der Waals surface area (Å²) in [6.45, 7) is 5.70. The van der Waals surface area contributed by atoms with Crippen molar-refractivity contribution >= 4 is 5.78 Å². The van der Waals surface area contributed by atoms with Gasteiger partial charge in [-0.3, -0.25) is 9.69 Å². The zero-order valence-electron chi connectivity index (χ0n) is 9.33. The molecule has 0 N–H and O–H groups in total. The third-order valence-corrected chi connectivity index (χ3v) is 3.81. The fourth-order valence-electron chi connectivity index (χ4n) is 3.11. The average molecular weight is 195 g/mol. The molecular weight excluding hydrogens is 174 g/mol. The van der Waals surface area contributed by atoms with E-state index in [2.05, 4.69) is 18.7 Å². The molecule has 80 valence electrons. The number of Topliss-reactive ketones (excluding diaryl/α,β-unsaturated/α-hetero) is 1. The number of rotatable bonds is 2. The van der Waals surface area contributed by atoms with E-state index in [1.165, 1.54) is 12.8 Å². The monoisotopic (exact) mass is 195 g/mol. The molecule has 2 fully saturated rings. The normalized spacial score (nSPS) is 39.6. The number of likely N-dealkylation sites (tertiary alicyclic amines) is 1. The van der Waals surface area contributed by atoms with E-state index in [0.717, 1.165) is 31.7 Å². The predicted octanol–water partition coefficient (Wildman–Crippen LogP) is 2.23. The Labute approximate surface area is 86.7 Å². The van der Waals surface area contributed by atoms with Crippen molar-refractivity contribution in [2.75, 3.05) is 6.54 Å². The Balaban J connectivity index is 2.05. The highest BCUT2D eigenvalue weighted by atomic mass is 16.1. The van der Waals surface area contributed by atoms with Crippen LogP contribution in [0.1, 0.15) is 46.0 Å².